The predicted octanol–water partition coefficient (Wildman–Crippen LogP) is 1.92. The Hall–Kier alpha value is -2.44. The molecule has 7 nitrogen and oxygen atoms in total. The van der Waals surface area contributed by atoms with Crippen molar-refractivity contribution in [3.05, 3.63) is 30.4 Å². The highest BCUT2D eigenvalue weighted by Gasteiger charge is 2.16. The van der Waals surface area contributed by atoms with Crippen LogP contribution in [0, 0.1) is 0 Å². The first kappa shape index (κ1) is 14.5. The van der Waals surface area contributed by atoms with E-state index in [1.807, 2.05) is 12.1 Å². The summed E-state index contributed by atoms with van der Waals surface area (Å²) in [5.41, 5.74) is 0.834. The van der Waals surface area contributed by atoms with Crippen molar-refractivity contribution < 1.29 is 9.32 Å². The standard InChI is InChI=1S/C15H19N5O2/c21-15(18-12-3-1-2-4-12)17-10-7-13-19-14(22-20-13)11-5-8-16-9-6-11/h5-6,8-9,12H,1-4,7,10H2,(H2,17,18,21). The van der Waals surface area contributed by atoms with Gasteiger partial charge in [0.15, 0.2) is 5.82 Å². The van der Waals surface area contributed by atoms with Gasteiger partial charge in [0.1, 0.15) is 0 Å². The Morgan fingerprint density at radius 1 is 1.27 bits per heavy atom. The van der Waals surface area contributed by atoms with Gasteiger partial charge in [-0.25, -0.2) is 4.79 Å². The summed E-state index contributed by atoms with van der Waals surface area (Å²) in [6, 6.07) is 3.82. The maximum Gasteiger partial charge on any atom is 0.315 e. The molecule has 3 rings (SSSR count). The molecule has 2 amide bonds. The van der Waals surface area contributed by atoms with E-state index in [0.717, 1.165) is 18.4 Å². The number of carbonyl (C=O) groups excluding carboxylic acids is 1. The summed E-state index contributed by atoms with van der Waals surface area (Å²) in [5.74, 6) is 1.04. The molecular formula is C15H19N5O2. The van der Waals surface area contributed by atoms with Gasteiger partial charge in [0.25, 0.3) is 5.89 Å². The first-order chi connectivity index (χ1) is 10.8. The molecule has 0 bridgehead atoms. The van der Waals surface area contributed by atoms with Crippen molar-refractivity contribution >= 4 is 6.03 Å². The van der Waals surface area contributed by atoms with E-state index < -0.39 is 0 Å². The maximum absolute atomic E-state index is 11.7. The Labute approximate surface area is 128 Å². The highest BCUT2D eigenvalue weighted by molar-refractivity contribution is 5.74. The average molecular weight is 301 g/mol. The minimum atomic E-state index is -0.121. The van der Waals surface area contributed by atoms with Crippen molar-refractivity contribution in [3.8, 4) is 11.5 Å². The molecule has 0 aliphatic heterocycles. The van der Waals surface area contributed by atoms with E-state index in [2.05, 4.69) is 25.8 Å². The number of nitrogens with one attached hydrogen (secondary N) is 2. The molecule has 2 heterocycles. The molecule has 1 aliphatic rings. The smallest absolute Gasteiger partial charge is 0.315 e. The fourth-order valence-electron chi connectivity index (χ4n) is 2.56. The molecule has 1 fully saturated rings. The second-order valence-electron chi connectivity index (χ2n) is 5.38. The van der Waals surface area contributed by atoms with Gasteiger partial charge in [-0.05, 0) is 25.0 Å². The number of rotatable bonds is 5. The van der Waals surface area contributed by atoms with Crippen molar-refractivity contribution in [2.24, 2.45) is 0 Å². The summed E-state index contributed by atoms with van der Waals surface area (Å²) in [6.45, 7) is 0.480. The van der Waals surface area contributed by atoms with Crippen LogP contribution in [0.4, 0.5) is 4.79 Å². The SMILES string of the molecule is O=C(NCCc1noc(-c2ccncc2)n1)NC1CCCC1. The summed E-state index contributed by atoms with van der Waals surface area (Å²) in [7, 11) is 0. The summed E-state index contributed by atoms with van der Waals surface area (Å²) < 4.78 is 5.20. The second kappa shape index (κ2) is 7.02. The summed E-state index contributed by atoms with van der Waals surface area (Å²) in [4.78, 5) is 20.0. The lowest BCUT2D eigenvalue weighted by atomic mass is 10.2. The lowest BCUT2D eigenvalue weighted by molar-refractivity contribution is 0.237. The van der Waals surface area contributed by atoms with E-state index in [0.29, 0.717) is 30.7 Å². The van der Waals surface area contributed by atoms with Crippen molar-refractivity contribution in [1.29, 1.82) is 0 Å². The van der Waals surface area contributed by atoms with E-state index in [-0.39, 0.29) is 6.03 Å². The zero-order valence-electron chi connectivity index (χ0n) is 12.3. The van der Waals surface area contributed by atoms with Crippen molar-refractivity contribution in [1.82, 2.24) is 25.8 Å². The number of amides is 2. The van der Waals surface area contributed by atoms with Crippen LogP contribution >= 0.6 is 0 Å². The normalized spacial score (nSPS) is 14.9. The predicted molar refractivity (Wildman–Crippen MR) is 80.0 cm³/mol. The van der Waals surface area contributed by atoms with Crippen LogP contribution < -0.4 is 10.6 Å². The molecule has 0 aromatic carbocycles. The Kier molecular flexibility index (Phi) is 4.62. The van der Waals surface area contributed by atoms with E-state index in [9.17, 15) is 4.79 Å². The summed E-state index contributed by atoms with van der Waals surface area (Å²) in [5, 5.41) is 9.71. The monoisotopic (exact) mass is 301 g/mol. The van der Waals surface area contributed by atoms with Crippen LogP contribution in [0.2, 0.25) is 0 Å². The number of hydrogen-bond donors (Lipinski definition) is 2. The van der Waals surface area contributed by atoms with Crippen molar-refractivity contribution in [2.75, 3.05) is 6.54 Å². The van der Waals surface area contributed by atoms with E-state index >= 15 is 0 Å². The highest BCUT2D eigenvalue weighted by Crippen LogP contribution is 2.17. The third kappa shape index (κ3) is 3.81. The molecule has 22 heavy (non-hydrogen) atoms. The number of urea groups is 1. The fraction of sp³-hybridized carbons (Fsp3) is 0.467. The van der Waals surface area contributed by atoms with Crippen LogP contribution in [-0.2, 0) is 6.42 Å². The fourth-order valence-corrected chi connectivity index (χ4v) is 2.56. The van der Waals surface area contributed by atoms with Gasteiger partial charge in [-0.2, -0.15) is 4.98 Å². The highest BCUT2D eigenvalue weighted by atomic mass is 16.5. The van der Waals surface area contributed by atoms with Crippen LogP contribution in [0.3, 0.4) is 0 Å². The molecule has 116 valence electrons. The lowest BCUT2D eigenvalue weighted by Gasteiger charge is -2.12. The van der Waals surface area contributed by atoms with E-state index in [1.165, 1.54) is 12.8 Å². The average Bonchev–Trinajstić information content (AvgIpc) is 3.20. The Balaban J connectivity index is 1.44. The van der Waals surface area contributed by atoms with Gasteiger partial charge in [-0.15, -0.1) is 0 Å². The topological polar surface area (TPSA) is 92.9 Å². The first-order valence-electron chi connectivity index (χ1n) is 7.58. The zero-order valence-corrected chi connectivity index (χ0v) is 12.3. The zero-order chi connectivity index (χ0) is 15.2. The molecule has 1 aliphatic carbocycles. The molecule has 2 aromatic heterocycles. The lowest BCUT2D eigenvalue weighted by Crippen LogP contribution is -2.41. The van der Waals surface area contributed by atoms with Gasteiger partial charge in [0, 0.05) is 37.0 Å². The van der Waals surface area contributed by atoms with Gasteiger partial charge in [-0.3, -0.25) is 4.98 Å². The number of nitrogens with zero attached hydrogens (tertiary/aromatic N) is 3. The third-order valence-electron chi connectivity index (χ3n) is 3.72. The molecular weight excluding hydrogens is 282 g/mol. The van der Waals surface area contributed by atoms with Crippen LogP contribution in [0.1, 0.15) is 31.5 Å². The molecule has 0 unspecified atom stereocenters. The van der Waals surface area contributed by atoms with E-state index in [4.69, 9.17) is 4.52 Å². The largest absolute Gasteiger partial charge is 0.338 e. The van der Waals surface area contributed by atoms with Gasteiger partial charge >= 0.3 is 6.03 Å². The Bertz CT molecular complexity index is 607. The van der Waals surface area contributed by atoms with Crippen LogP contribution in [0.25, 0.3) is 11.5 Å². The van der Waals surface area contributed by atoms with Gasteiger partial charge in [0.2, 0.25) is 0 Å². The quantitative estimate of drug-likeness (QED) is 0.880. The van der Waals surface area contributed by atoms with Crippen LogP contribution in [-0.4, -0.2) is 33.7 Å². The number of aromatic nitrogens is 3. The Morgan fingerprint density at radius 2 is 2.05 bits per heavy atom. The molecule has 0 spiro atoms. The van der Waals surface area contributed by atoms with Crippen LogP contribution in [0.15, 0.2) is 29.0 Å². The first-order valence-corrected chi connectivity index (χ1v) is 7.58. The minimum Gasteiger partial charge on any atom is -0.338 e. The molecule has 0 radical (unpaired) electrons. The molecule has 0 atom stereocenters. The molecule has 2 aromatic rings. The van der Waals surface area contributed by atoms with Crippen molar-refractivity contribution in [3.63, 3.8) is 0 Å². The molecule has 0 saturated heterocycles. The number of hydrogen-bond acceptors (Lipinski definition) is 5. The van der Waals surface area contributed by atoms with Gasteiger partial charge < -0.3 is 15.2 Å². The van der Waals surface area contributed by atoms with Crippen LogP contribution in [0.5, 0.6) is 0 Å². The minimum absolute atomic E-state index is 0.121. The summed E-state index contributed by atoms with van der Waals surface area (Å²) in [6.07, 6.45) is 8.44. The molecule has 7 heteroatoms. The third-order valence-corrected chi connectivity index (χ3v) is 3.72. The maximum atomic E-state index is 11.7. The number of carbonyl (C=O) groups is 1. The second-order valence-corrected chi connectivity index (χ2v) is 5.38. The summed E-state index contributed by atoms with van der Waals surface area (Å²) >= 11 is 0. The van der Waals surface area contributed by atoms with Gasteiger partial charge in [0.05, 0.1) is 0 Å². The van der Waals surface area contributed by atoms with E-state index in [1.54, 1.807) is 12.4 Å². The van der Waals surface area contributed by atoms with Crippen molar-refractivity contribution in [2.45, 2.75) is 38.1 Å². The number of pyridine rings is 1. The van der Waals surface area contributed by atoms with Gasteiger partial charge in [-0.1, -0.05) is 18.0 Å². The molecule has 2 N–H and O–H groups in total. The Morgan fingerprint density at radius 3 is 2.82 bits per heavy atom. The molecule has 1 saturated carbocycles.